The van der Waals surface area contributed by atoms with E-state index < -0.39 is 0 Å². The van der Waals surface area contributed by atoms with Crippen molar-refractivity contribution >= 4 is 11.8 Å². The van der Waals surface area contributed by atoms with Crippen molar-refractivity contribution < 1.29 is 0 Å². The Morgan fingerprint density at radius 2 is 1.95 bits per heavy atom. The molecule has 1 heterocycles. The third-order valence-electron chi connectivity index (χ3n) is 3.38. The summed E-state index contributed by atoms with van der Waals surface area (Å²) in [6.45, 7) is 0. The summed E-state index contributed by atoms with van der Waals surface area (Å²) in [7, 11) is 0. The fourth-order valence-electron chi connectivity index (χ4n) is 2.42. The highest BCUT2D eigenvalue weighted by Crippen LogP contribution is 2.41. The number of hydrazine groups is 1. The smallest absolute Gasteiger partial charge is 0.0994 e. The fourth-order valence-corrected chi connectivity index (χ4v) is 3.59. The zero-order valence-corrected chi connectivity index (χ0v) is 11.1. The maximum absolute atomic E-state index is 9.25. The molecular formula is C15H13N3S. The first-order valence-corrected chi connectivity index (χ1v) is 6.90. The van der Waals surface area contributed by atoms with Crippen molar-refractivity contribution in [3.8, 4) is 6.07 Å². The zero-order valence-electron chi connectivity index (χ0n) is 10.3. The molecule has 0 fully saturated rings. The molecule has 1 atom stereocenters. The van der Waals surface area contributed by atoms with Crippen LogP contribution < -0.4 is 11.3 Å². The molecule has 1 unspecified atom stereocenters. The summed E-state index contributed by atoms with van der Waals surface area (Å²) in [5.74, 6) is 5.69. The lowest BCUT2D eigenvalue weighted by atomic mass is 9.96. The number of nitriles is 1. The predicted molar refractivity (Wildman–Crippen MR) is 75.5 cm³/mol. The third kappa shape index (κ3) is 2.13. The van der Waals surface area contributed by atoms with Crippen LogP contribution in [0.5, 0.6) is 0 Å². The second-order valence-electron chi connectivity index (χ2n) is 4.46. The normalized spacial score (nSPS) is 16.9. The Kier molecular flexibility index (Phi) is 3.26. The van der Waals surface area contributed by atoms with Crippen molar-refractivity contribution in [2.24, 2.45) is 5.84 Å². The van der Waals surface area contributed by atoms with Crippen LogP contribution in [0.2, 0.25) is 0 Å². The molecule has 0 aromatic heterocycles. The first-order valence-electron chi connectivity index (χ1n) is 6.08. The molecule has 2 aromatic carbocycles. The maximum atomic E-state index is 9.25. The van der Waals surface area contributed by atoms with Gasteiger partial charge in [-0.3, -0.25) is 11.3 Å². The van der Waals surface area contributed by atoms with Crippen molar-refractivity contribution in [1.29, 1.82) is 5.26 Å². The van der Waals surface area contributed by atoms with Gasteiger partial charge in [0, 0.05) is 9.79 Å². The summed E-state index contributed by atoms with van der Waals surface area (Å²) in [5.41, 5.74) is 5.87. The highest BCUT2D eigenvalue weighted by Gasteiger charge is 2.23. The maximum Gasteiger partial charge on any atom is 0.0994 e. The highest BCUT2D eigenvalue weighted by molar-refractivity contribution is 7.99. The van der Waals surface area contributed by atoms with Gasteiger partial charge in [0.25, 0.3) is 0 Å². The number of hydrogen-bond acceptors (Lipinski definition) is 4. The van der Waals surface area contributed by atoms with Crippen molar-refractivity contribution in [3.63, 3.8) is 0 Å². The van der Waals surface area contributed by atoms with E-state index in [9.17, 15) is 5.26 Å². The standard InChI is InChI=1S/C15H13N3S/c16-9-10-4-3-7-15-12(10)8-13(18-17)11-5-1-2-6-14(11)19-15/h1-7,13,18H,8,17H2. The van der Waals surface area contributed by atoms with Crippen molar-refractivity contribution in [2.45, 2.75) is 22.3 Å². The molecule has 4 heteroatoms. The van der Waals surface area contributed by atoms with E-state index >= 15 is 0 Å². The molecule has 3 rings (SSSR count). The fraction of sp³-hybridized carbons (Fsp3) is 0.133. The minimum atomic E-state index is 0.0412. The van der Waals surface area contributed by atoms with E-state index in [0.717, 1.165) is 22.4 Å². The van der Waals surface area contributed by atoms with Crippen LogP contribution in [-0.2, 0) is 6.42 Å². The first-order chi connectivity index (χ1) is 9.33. The van der Waals surface area contributed by atoms with Gasteiger partial charge in [0.2, 0.25) is 0 Å². The lowest BCUT2D eigenvalue weighted by molar-refractivity contribution is 0.543. The SMILES string of the molecule is N#Cc1cccc2c1CC(NN)c1ccccc1S2. The Bertz CT molecular complexity index is 661. The third-order valence-corrected chi connectivity index (χ3v) is 4.57. The van der Waals surface area contributed by atoms with Crippen molar-refractivity contribution in [1.82, 2.24) is 5.43 Å². The van der Waals surface area contributed by atoms with Crippen LogP contribution in [0, 0.1) is 11.3 Å². The van der Waals surface area contributed by atoms with Crippen LogP contribution in [0.25, 0.3) is 0 Å². The van der Waals surface area contributed by atoms with Crippen molar-refractivity contribution in [3.05, 3.63) is 59.2 Å². The van der Waals surface area contributed by atoms with Crippen LogP contribution in [0.4, 0.5) is 0 Å². The number of nitrogens with two attached hydrogens (primary N) is 1. The van der Waals surface area contributed by atoms with Gasteiger partial charge in [-0.1, -0.05) is 36.0 Å². The van der Waals surface area contributed by atoms with E-state index in [-0.39, 0.29) is 6.04 Å². The largest absolute Gasteiger partial charge is 0.271 e. The molecule has 94 valence electrons. The predicted octanol–water partition coefficient (Wildman–Crippen LogP) is 2.77. The van der Waals surface area contributed by atoms with Gasteiger partial charge in [-0.2, -0.15) is 5.26 Å². The van der Waals surface area contributed by atoms with Crippen LogP contribution in [0.15, 0.2) is 52.3 Å². The summed E-state index contributed by atoms with van der Waals surface area (Å²) in [4.78, 5) is 2.34. The molecule has 3 N–H and O–H groups in total. The van der Waals surface area contributed by atoms with E-state index in [1.165, 1.54) is 10.5 Å². The molecule has 1 aliphatic heterocycles. The molecule has 0 radical (unpaired) electrons. The molecule has 0 bridgehead atoms. The lowest BCUT2D eigenvalue weighted by Gasteiger charge is -2.16. The number of fused-ring (bicyclic) bond motifs is 2. The van der Waals surface area contributed by atoms with Gasteiger partial charge in [-0.25, -0.2) is 0 Å². The molecule has 0 saturated carbocycles. The number of nitrogens with one attached hydrogen (secondary N) is 1. The van der Waals surface area contributed by atoms with Gasteiger partial charge in [-0.05, 0) is 35.7 Å². The number of hydrogen-bond donors (Lipinski definition) is 2. The van der Waals surface area contributed by atoms with Gasteiger partial charge >= 0.3 is 0 Å². The van der Waals surface area contributed by atoms with Crippen LogP contribution in [0.3, 0.4) is 0 Å². The monoisotopic (exact) mass is 267 g/mol. The quantitative estimate of drug-likeness (QED) is 0.616. The summed E-state index contributed by atoms with van der Waals surface area (Å²) in [5, 5.41) is 9.25. The molecule has 0 aliphatic carbocycles. The number of rotatable bonds is 1. The van der Waals surface area contributed by atoms with Gasteiger partial charge < -0.3 is 0 Å². The minimum Gasteiger partial charge on any atom is -0.271 e. The van der Waals surface area contributed by atoms with E-state index in [1.54, 1.807) is 11.8 Å². The Balaban J connectivity index is 2.18. The molecule has 1 aliphatic rings. The van der Waals surface area contributed by atoms with Gasteiger partial charge in [-0.15, -0.1) is 0 Å². The average Bonchev–Trinajstić information content (AvgIpc) is 2.62. The van der Waals surface area contributed by atoms with Gasteiger partial charge in [0.05, 0.1) is 17.7 Å². The average molecular weight is 267 g/mol. The van der Waals surface area contributed by atoms with E-state index in [4.69, 9.17) is 5.84 Å². The molecule has 3 nitrogen and oxygen atoms in total. The molecular weight excluding hydrogens is 254 g/mol. The van der Waals surface area contributed by atoms with E-state index in [0.29, 0.717) is 0 Å². The van der Waals surface area contributed by atoms with Gasteiger partial charge in [0.1, 0.15) is 0 Å². The first kappa shape index (κ1) is 12.2. The summed E-state index contributed by atoms with van der Waals surface area (Å²) >= 11 is 1.71. The second-order valence-corrected chi connectivity index (χ2v) is 5.54. The highest BCUT2D eigenvalue weighted by atomic mass is 32.2. The lowest BCUT2D eigenvalue weighted by Crippen LogP contribution is -2.29. The number of benzene rings is 2. The molecule has 2 aromatic rings. The second kappa shape index (κ2) is 5.06. The summed E-state index contributed by atoms with van der Waals surface area (Å²) in [6.07, 6.45) is 0.736. The Morgan fingerprint density at radius 1 is 1.16 bits per heavy atom. The summed E-state index contributed by atoms with van der Waals surface area (Å²) in [6, 6.07) is 16.4. The van der Waals surface area contributed by atoms with Gasteiger partial charge in [0.15, 0.2) is 0 Å². The zero-order chi connectivity index (χ0) is 13.2. The van der Waals surface area contributed by atoms with E-state index in [1.807, 2.05) is 24.3 Å². The van der Waals surface area contributed by atoms with Crippen LogP contribution in [0.1, 0.15) is 22.7 Å². The number of nitrogens with zero attached hydrogens (tertiary/aromatic N) is 1. The Labute approximate surface area is 116 Å². The van der Waals surface area contributed by atoms with Crippen molar-refractivity contribution in [2.75, 3.05) is 0 Å². The topological polar surface area (TPSA) is 61.8 Å². The summed E-state index contributed by atoms with van der Waals surface area (Å²) < 4.78 is 0. The molecule has 0 spiro atoms. The molecule has 19 heavy (non-hydrogen) atoms. The Morgan fingerprint density at radius 3 is 2.74 bits per heavy atom. The van der Waals surface area contributed by atoms with Crippen LogP contribution >= 0.6 is 11.8 Å². The van der Waals surface area contributed by atoms with Crippen LogP contribution in [-0.4, -0.2) is 0 Å². The Hall–Kier alpha value is -1.80. The minimum absolute atomic E-state index is 0.0412. The molecule has 0 amide bonds. The van der Waals surface area contributed by atoms with E-state index in [2.05, 4.69) is 29.7 Å². The molecule has 0 saturated heterocycles.